The number of halogens is 1. The van der Waals surface area contributed by atoms with E-state index >= 15 is 0 Å². The molecule has 0 aliphatic carbocycles. The summed E-state index contributed by atoms with van der Waals surface area (Å²) in [4.78, 5) is 27.9. The Morgan fingerprint density at radius 3 is 2.50 bits per heavy atom. The Labute approximate surface area is 191 Å². The molecule has 1 saturated heterocycles. The van der Waals surface area contributed by atoms with E-state index in [1.807, 2.05) is 88.3 Å². The molecular weight excluding hydrogens is 422 g/mol. The van der Waals surface area contributed by atoms with Gasteiger partial charge >= 0.3 is 6.03 Å². The zero-order valence-corrected chi connectivity index (χ0v) is 18.3. The van der Waals surface area contributed by atoms with Crippen molar-refractivity contribution in [3.05, 3.63) is 98.9 Å². The van der Waals surface area contributed by atoms with E-state index in [2.05, 4.69) is 5.32 Å². The molecule has 162 valence electrons. The molecule has 5 nitrogen and oxygen atoms in total. The minimum atomic E-state index is -0.0794. The zero-order valence-electron chi connectivity index (χ0n) is 17.6. The van der Waals surface area contributed by atoms with Crippen LogP contribution >= 0.6 is 11.6 Å². The SMILES string of the molecule is O=C(Nc1ccccc1)N1C[C@@H]2C[C@H](C1)c1ccc(/C=C/c3ccc(Cl)cc3)c(=O)n1C2. The molecule has 1 fully saturated rings. The van der Waals surface area contributed by atoms with Gasteiger partial charge < -0.3 is 14.8 Å². The molecule has 2 aliphatic rings. The van der Waals surface area contributed by atoms with Crippen LogP contribution in [0.3, 0.4) is 0 Å². The molecule has 2 aromatic carbocycles. The maximum Gasteiger partial charge on any atom is 0.321 e. The molecule has 2 amide bonds. The number of hydrogen-bond donors (Lipinski definition) is 1. The zero-order chi connectivity index (χ0) is 22.1. The molecule has 2 atom stereocenters. The highest BCUT2D eigenvalue weighted by Gasteiger charge is 2.36. The third-order valence-electron chi connectivity index (χ3n) is 6.27. The van der Waals surface area contributed by atoms with Crippen LogP contribution < -0.4 is 10.9 Å². The molecule has 3 heterocycles. The fraction of sp³-hybridized carbons (Fsp3) is 0.231. The summed E-state index contributed by atoms with van der Waals surface area (Å²) in [5.41, 5.74) is 3.51. The topological polar surface area (TPSA) is 54.3 Å². The molecule has 32 heavy (non-hydrogen) atoms. The summed E-state index contributed by atoms with van der Waals surface area (Å²) in [6.07, 6.45) is 4.80. The lowest BCUT2D eigenvalue weighted by molar-refractivity contribution is 0.139. The van der Waals surface area contributed by atoms with Crippen molar-refractivity contribution in [1.82, 2.24) is 9.47 Å². The average molecular weight is 446 g/mol. The maximum atomic E-state index is 13.2. The highest BCUT2D eigenvalue weighted by molar-refractivity contribution is 6.30. The lowest BCUT2D eigenvalue weighted by Crippen LogP contribution is -2.50. The van der Waals surface area contributed by atoms with Crippen LogP contribution in [-0.4, -0.2) is 28.6 Å². The molecule has 1 N–H and O–H groups in total. The Morgan fingerprint density at radius 2 is 1.72 bits per heavy atom. The average Bonchev–Trinajstić information content (AvgIpc) is 2.80. The van der Waals surface area contributed by atoms with Gasteiger partial charge in [-0.05, 0) is 60.4 Å². The number of pyridine rings is 1. The summed E-state index contributed by atoms with van der Waals surface area (Å²) in [6, 6.07) is 20.9. The van der Waals surface area contributed by atoms with Crippen molar-refractivity contribution in [3.63, 3.8) is 0 Å². The summed E-state index contributed by atoms with van der Waals surface area (Å²) in [5, 5.41) is 3.67. The van der Waals surface area contributed by atoms with Gasteiger partial charge in [0.25, 0.3) is 5.56 Å². The van der Waals surface area contributed by atoms with E-state index in [-0.39, 0.29) is 23.4 Å². The second kappa shape index (κ2) is 8.67. The van der Waals surface area contributed by atoms with E-state index < -0.39 is 0 Å². The number of carbonyl (C=O) groups is 1. The van der Waals surface area contributed by atoms with E-state index in [0.717, 1.165) is 23.4 Å². The van der Waals surface area contributed by atoms with Gasteiger partial charge in [0, 0.05) is 47.5 Å². The monoisotopic (exact) mass is 445 g/mol. The number of anilines is 1. The fourth-order valence-electron chi connectivity index (χ4n) is 4.74. The van der Waals surface area contributed by atoms with Gasteiger partial charge in [-0.1, -0.05) is 48.0 Å². The van der Waals surface area contributed by atoms with Gasteiger partial charge in [-0.25, -0.2) is 4.79 Å². The van der Waals surface area contributed by atoms with Crippen molar-refractivity contribution in [2.45, 2.75) is 18.9 Å². The van der Waals surface area contributed by atoms with E-state index in [9.17, 15) is 9.59 Å². The minimum absolute atomic E-state index is 0.0320. The van der Waals surface area contributed by atoms with Gasteiger partial charge in [0.2, 0.25) is 0 Å². The number of likely N-dealkylation sites (tertiary alicyclic amines) is 1. The molecule has 0 saturated carbocycles. The van der Waals surface area contributed by atoms with Crippen LogP contribution in [0.1, 0.15) is 29.2 Å². The van der Waals surface area contributed by atoms with E-state index in [1.165, 1.54) is 0 Å². The number of piperidine rings is 1. The first-order valence-corrected chi connectivity index (χ1v) is 11.2. The Balaban J connectivity index is 1.34. The van der Waals surface area contributed by atoms with E-state index in [1.54, 1.807) is 0 Å². The number of amides is 2. The third-order valence-corrected chi connectivity index (χ3v) is 6.52. The standard InChI is InChI=1S/C26H24ClN3O2/c27-22-11-7-18(8-12-22)6-9-20-10-13-24-21-14-19(16-30(24)25(20)31)15-29(17-21)26(32)28-23-4-2-1-3-5-23/h1-13,19,21H,14-17H2,(H,28,32)/b9-6+/t19-,21+/m0/s1. The number of nitrogens with zero attached hydrogens (tertiary/aromatic N) is 2. The molecular formula is C26H24ClN3O2. The molecule has 0 unspecified atom stereocenters. The third kappa shape index (κ3) is 4.21. The van der Waals surface area contributed by atoms with Gasteiger partial charge in [-0.15, -0.1) is 0 Å². The number of hydrogen-bond acceptors (Lipinski definition) is 2. The van der Waals surface area contributed by atoms with Crippen LogP contribution in [0.4, 0.5) is 10.5 Å². The smallest absolute Gasteiger partial charge is 0.321 e. The summed E-state index contributed by atoms with van der Waals surface area (Å²) in [7, 11) is 0. The summed E-state index contributed by atoms with van der Waals surface area (Å²) >= 11 is 5.94. The summed E-state index contributed by atoms with van der Waals surface area (Å²) in [5.74, 6) is 0.446. The largest absolute Gasteiger partial charge is 0.324 e. The van der Waals surface area contributed by atoms with Crippen LogP contribution in [0.2, 0.25) is 5.02 Å². The molecule has 2 bridgehead atoms. The number of fused-ring (bicyclic) bond motifs is 4. The van der Waals surface area contributed by atoms with Crippen molar-refractivity contribution < 1.29 is 4.79 Å². The molecule has 2 aliphatic heterocycles. The lowest BCUT2D eigenvalue weighted by atomic mass is 9.83. The normalized spacial score (nSPS) is 19.6. The Hall–Kier alpha value is -3.31. The first kappa shape index (κ1) is 20.6. The fourth-order valence-corrected chi connectivity index (χ4v) is 4.87. The van der Waals surface area contributed by atoms with Gasteiger partial charge in [-0.3, -0.25) is 4.79 Å². The number of carbonyl (C=O) groups excluding carboxylic acids is 1. The van der Waals surface area contributed by atoms with Crippen molar-refractivity contribution >= 4 is 35.5 Å². The van der Waals surface area contributed by atoms with Gasteiger partial charge in [-0.2, -0.15) is 0 Å². The summed E-state index contributed by atoms with van der Waals surface area (Å²) < 4.78 is 1.91. The quantitative estimate of drug-likeness (QED) is 0.593. The van der Waals surface area contributed by atoms with Crippen molar-refractivity contribution in [2.75, 3.05) is 18.4 Å². The minimum Gasteiger partial charge on any atom is -0.324 e. The van der Waals surface area contributed by atoms with Gasteiger partial charge in [0.1, 0.15) is 0 Å². The number of benzene rings is 2. The molecule has 5 rings (SSSR count). The first-order chi connectivity index (χ1) is 15.6. The molecule has 6 heteroatoms. The molecule has 0 radical (unpaired) electrons. The van der Waals surface area contributed by atoms with Crippen LogP contribution in [-0.2, 0) is 6.54 Å². The number of urea groups is 1. The van der Waals surface area contributed by atoms with Crippen LogP contribution in [0.5, 0.6) is 0 Å². The van der Waals surface area contributed by atoms with Crippen molar-refractivity contribution in [3.8, 4) is 0 Å². The lowest BCUT2D eigenvalue weighted by Gasteiger charge is -2.42. The Kier molecular flexibility index (Phi) is 5.58. The molecule has 3 aromatic rings. The molecule has 1 aromatic heterocycles. The first-order valence-electron chi connectivity index (χ1n) is 10.9. The number of rotatable bonds is 3. The second-order valence-electron chi connectivity index (χ2n) is 8.51. The summed E-state index contributed by atoms with van der Waals surface area (Å²) in [6.45, 7) is 1.92. The number of nitrogens with one attached hydrogen (secondary N) is 1. The number of aromatic nitrogens is 1. The van der Waals surface area contributed by atoms with Crippen LogP contribution in [0, 0.1) is 5.92 Å². The maximum absolute atomic E-state index is 13.2. The van der Waals surface area contributed by atoms with Gasteiger partial charge in [0.15, 0.2) is 0 Å². The van der Waals surface area contributed by atoms with Crippen molar-refractivity contribution in [2.24, 2.45) is 5.92 Å². The second-order valence-corrected chi connectivity index (χ2v) is 8.95. The van der Waals surface area contributed by atoms with E-state index in [0.29, 0.717) is 30.2 Å². The Morgan fingerprint density at radius 1 is 0.938 bits per heavy atom. The highest BCUT2D eigenvalue weighted by Crippen LogP contribution is 2.35. The predicted octanol–water partition coefficient (Wildman–Crippen LogP) is 5.32. The number of para-hydroxylation sites is 1. The predicted molar refractivity (Wildman–Crippen MR) is 129 cm³/mol. The van der Waals surface area contributed by atoms with Crippen molar-refractivity contribution in [1.29, 1.82) is 0 Å². The molecule has 0 spiro atoms. The Bertz CT molecular complexity index is 1220. The van der Waals surface area contributed by atoms with Crippen LogP contribution in [0.25, 0.3) is 12.2 Å². The highest BCUT2D eigenvalue weighted by atomic mass is 35.5. The van der Waals surface area contributed by atoms with Crippen LogP contribution in [0.15, 0.2) is 71.5 Å². The van der Waals surface area contributed by atoms with E-state index in [4.69, 9.17) is 11.6 Å². The van der Waals surface area contributed by atoms with Gasteiger partial charge in [0.05, 0.1) is 0 Å².